The third-order valence-electron chi connectivity index (χ3n) is 3.71. The maximum atomic E-state index is 12.4. The summed E-state index contributed by atoms with van der Waals surface area (Å²) in [6.45, 7) is 7.29. The van der Waals surface area contributed by atoms with Crippen LogP contribution in [0.2, 0.25) is 0 Å². The molecule has 1 saturated carbocycles. The van der Waals surface area contributed by atoms with Gasteiger partial charge in [0.15, 0.2) is 0 Å². The van der Waals surface area contributed by atoms with Crippen LogP contribution in [0.4, 0.5) is 0 Å². The van der Waals surface area contributed by atoms with Crippen LogP contribution < -0.4 is 0 Å². The van der Waals surface area contributed by atoms with E-state index >= 15 is 0 Å². The van der Waals surface area contributed by atoms with E-state index in [-0.39, 0.29) is 5.92 Å². The molecule has 0 aromatic carbocycles. The van der Waals surface area contributed by atoms with Crippen molar-refractivity contribution in [2.75, 3.05) is 11.9 Å². The average molecular weight is 290 g/mol. The fourth-order valence-electron chi connectivity index (χ4n) is 2.35. The van der Waals surface area contributed by atoms with Crippen molar-refractivity contribution in [1.82, 2.24) is 4.90 Å². The lowest BCUT2D eigenvalue weighted by Crippen LogP contribution is -2.44. The highest BCUT2D eigenvalue weighted by Crippen LogP contribution is 2.37. The van der Waals surface area contributed by atoms with E-state index in [0.717, 1.165) is 24.7 Å². The minimum absolute atomic E-state index is 0.236. The summed E-state index contributed by atoms with van der Waals surface area (Å²) >= 11 is 3.45. The Labute approximate surface area is 108 Å². The van der Waals surface area contributed by atoms with Gasteiger partial charge >= 0.3 is 0 Å². The van der Waals surface area contributed by atoms with Crippen molar-refractivity contribution in [3.05, 3.63) is 0 Å². The molecular formula is C13H24BrNO. The highest BCUT2D eigenvalue weighted by atomic mass is 79.9. The van der Waals surface area contributed by atoms with E-state index in [1.165, 1.54) is 12.8 Å². The van der Waals surface area contributed by atoms with Gasteiger partial charge in [-0.3, -0.25) is 4.79 Å². The molecule has 16 heavy (non-hydrogen) atoms. The molecule has 1 amide bonds. The Morgan fingerprint density at radius 2 is 1.94 bits per heavy atom. The molecule has 0 radical (unpaired) electrons. The Bertz CT molecular complexity index is 224. The number of halogens is 1. The highest BCUT2D eigenvalue weighted by Gasteiger charge is 2.36. The first kappa shape index (κ1) is 14.0. The Hall–Kier alpha value is -0.0500. The quantitative estimate of drug-likeness (QED) is 0.658. The number of nitrogens with zero attached hydrogens (tertiary/aromatic N) is 1. The van der Waals surface area contributed by atoms with E-state index in [1.54, 1.807) is 0 Å². The maximum Gasteiger partial charge on any atom is 0.225 e. The molecule has 0 aromatic heterocycles. The first-order chi connectivity index (χ1) is 7.65. The standard InChI is InChI=1S/C13H24BrNO/c1-4-12(5-2)15(9-8-14)13(16)10(3)11-6-7-11/h10-12H,4-9H2,1-3H3. The summed E-state index contributed by atoms with van der Waals surface area (Å²) in [4.78, 5) is 14.5. The van der Waals surface area contributed by atoms with Crippen LogP contribution in [0.15, 0.2) is 0 Å². The van der Waals surface area contributed by atoms with Gasteiger partial charge < -0.3 is 4.90 Å². The van der Waals surface area contributed by atoms with Crippen LogP contribution in [0.25, 0.3) is 0 Å². The van der Waals surface area contributed by atoms with Gasteiger partial charge in [-0.2, -0.15) is 0 Å². The van der Waals surface area contributed by atoms with Gasteiger partial charge in [0, 0.05) is 23.8 Å². The number of amides is 1. The molecule has 0 spiro atoms. The summed E-state index contributed by atoms with van der Waals surface area (Å²) in [5.74, 6) is 1.27. The van der Waals surface area contributed by atoms with Gasteiger partial charge in [0.25, 0.3) is 0 Å². The number of rotatable bonds is 7. The molecule has 1 rings (SSSR count). The molecule has 0 aliphatic heterocycles. The summed E-state index contributed by atoms with van der Waals surface area (Å²) in [6.07, 6.45) is 4.62. The van der Waals surface area contributed by atoms with Crippen LogP contribution in [0.5, 0.6) is 0 Å². The van der Waals surface area contributed by atoms with Crippen molar-refractivity contribution >= 4 is 21.8 Å². The van der Waals surface area contributed by atoms with Crippen molar-refractivity contribution in [2.24, 2.45) is 11.8 Å². The van der Waals surface area contributed by atoms with Gasteiger partial charge in [-0.25, -0.2) is 0 Å². The molecule has 0 N–H and O–H groups in total. The van der Waals surface area contributed by atoms with E-state index in [1.807, 2.05) is 0 Å². The van der Waals surface area contributed by atoms with Gasteiger partial charge in [-0.1, -0.05) is 36.7 Å². The number of hydrogen-bond acceptors (Lipinski definition) is 1. The number of alkyl halides is 1. The summed E-state index contributed by atoms with van der Waals surface area (Å²) < 4.78 is 0. The molecular weight excluding hydrogens is 266 g/mol. The predicted octanol–water partition coefficient (Wildman–Crippen LogP) is 3.44. The van der Waals surface area contributed by atoms with Gasteiger partial charge in [0.2, 0.25) is 5.91 Å². The van der Waals surface area contributed by atoms with Crippen LogP contribution in [-0.2, 0) is 4.79 Å². The first-order valence-electron chi connectivity index (χ1n) is 6.52. The minimum atomic E-state index is 0.236. The lowest BCUT2D eigenvalue weighted by atomic mass is 10.0. The van der Waals surface area contributed by atoms with Crippen LogP contribution >= 0.6 is 15.9 Å². The summed E-state index contributed by atoms with van der Waals surface area (Å²) in [5.41, 5.74) is 0. The Balaban J connectivity index is 2.62. The van der Waals surface area contributed by atoms with Gasteiger partial charge in [-0.15, -0.1) is 0 Å². The van der Waals surface area contributed by atoms with E-state index in [0.29, 0.717) is 17.9 Å². The zero-order chi connectivity index (χ0) is 12.1. The molecule has 2 nitrogen and oxygen atoms in total. The third kappa shape index (κ3) is 3.47. The molecule has 1 unspecified atom stereocenters. The largest absolute Gasteiger partial charge is 0.339 e. The van der Waals surface area contributed by atoms with Gasteiger partial charge in [0.1, 0.15) is 0 Å². The molecule has 1 atom stereocenters. The van der Waals surface area contributed by atoms with Crippen molar-refractivity contribution in [3.8, 4) is 0 Å². The van der Waals surface area contributed by atoms with E-state index < -0.39 is 0 Å². The molecule has 1 aliphatic rings. The Morgan fingerprint density at radius 1 is 1.38 bits per heavy atom. The summed E-state index contributed by atoms with van der Waals surface area (Å²) in [5, 5.41) is 0.882. The smallest absolute Gasteiger partial charge is 0.225 e. The van der Waals surface area contributed by atoms with Crippen molar-refractivity contribution in [1.29, 1.82) is 0 Å². The van der Waals surface area contributed by atoms with Crippen LogP contribution in [-0.4, -0.2) is 28.7 Å². The molecule has 1 aliphatic carbocycles. The molecule has 94 valence electrons. The van der Waals surface area contributed by atoms with Gasteiger partial charge in [0.05, 0.1) is 0 Å². The Kier molecular flexibility index (Phi) is 5.81. The lowest BCUT2D eigenvalue weighted by molar-refractivity contribution is -0.137. The second kappa shape index (κ2) is 6.63. The monoisotopic (exact) mass is 289 g/mol. The normalized spacial score (nSPS) is 17.6. The fraction of sp³-hybridized carbons (Fsp3) is 0.923. The molecule has 0 aromatic rings. The molecule has 1 fully saturated rings. The van der Waals surface area contributed by atoms with Crippen molar-refractivity contribution in [3.63, 3.8) is 0 Å². The minimum Gasteiger partial charge on any atom is -0.339 e. The SMILES string of the molecule is CCC(CC)N(CCBr)C(=O)C(C)C1CC1. The summed E-state index contributed by atoms with van der Waals surface area (Å²) in [7, 11) is 0. The van der Waals surface area contributed by atoms with Crippen molar-refractivity contribution in [2.45, 2.75) is 52.5 Å². The zero-order valence-corrected chi connectivity index (χ0v) is 12.3. The topological polar surface area (TPSA) is 20.3 Å². The van der Waals surface area contributed by atoms with Crippen LogP contribution in [0.3, 0.4) is 0 Å². The highest BCUT2D eigenvalue weighted by molar-refractivity contribution is 9.09. The number of hydrogen-bond donors (Lipinski definition) is 0. The van der Waals surface area contributed by atoms with E-state index in [4.69, 9.17) is 0 Å². The summed E-state index contributed by atoms with van der Waals surface area (Å²) in [6, 6.07) is 0.422. The number of carbonyl (C=O) groups is 1. The van der Waals surface area contributed by atoms with Crippen molar-refractivity contribution < 1.29 is 4.79 Å². The van der Waals surface area contributed by atoms with E-state index in [9.17, 15) is 4.79 Å². The lowest BCUT2D eigenvalue weighted by Gasteiger charge is -2.32. The molecule has 0 saturated heterocycles. The third-order valence-corrected chi connectivity index (χ3v) is 4.07. The van der Waals surface area contributed by atoms with E-state index in [2.05, 4.69) is 41.6 Å². The number of carbonyl (C=O) groups excluding carboxylic acids is 1. The molecule has 0 bridgehead atoms. The van der Waals surface area contributed by atoms with Crippen LogP contribution in [0, 0.1) is 11.8 Å². The second-order valence-corrected chi connectivity index (χ2v) is 5.61. The first-order valence-corrected chi connectivity index (χ1v) is 7.64. The van der Waals surface area contributed by atoms with Crippen LogP contribution in [0.1, 0.15) is 46.5 Å². The molecule has 0 heterocycles. The molecule has 3 heteroatoms. The Morgan fingerprint density at radius 3 is 2.31 bits per heavy atom. The second-order valence-electron chi connectivity index (χ2n) is 4.82. The average Bonchev–Trinajstić information content (AvgIpc) is 3.11. The maximum absolute atomic E-state index is 12.4. The van der Waals surface area contributed by atoms with Gasteiger partial charge in [-0.05, 0) is 31.6 Å². The zero-order valence-electron chi connectivity index (χ0n) is 10.7. The fourth-order valence-corrected chi connectivity index (χ4v) is 2.73. The predicted molar refractivity (Wildman–Crippen MR) is 71.8 cm³/mol.